The Morgan fingerprint density at radius 1 is 1.42 bits per heavy atom. The van der Waals surface area contributed by atoms with Crippen molar-refractivity contribution < 1.29 is 9.66 Å². The molecule has 7 heteroatoms. The molecule has 0 spiro atoms. The van der Waals surface area contributed by atoms with E-state index in [0.717, 1.165) is 6.42 Å². The highest BCUT2D eigenvalue weighted by Gasteiger charge is 2.49. The number of nitrogens with zero attached hydrogens (tertiary/aromatic N) is 1. The first kappa shape index (κ1) is 14.9. The summed E-state index contributed by atoms with van der Waals surface area (Å²) in [6, 6.07) is 2.62. The van der Waals surface area contributed by atoms with Crippen LogP contribution in [0.3, 0.4) is 0 Å². The smallest absolute Gasteiger partial charge is 0.312 e. The minimum atomic E-state index is -0.519. The van der Waals surface area contributed by atoms with E-state index in [0.29, 0.717) is 4.83 Å². The molecule has 0 amide bonds. The molecule has 2 atom stereocenters. The lowest BCUT2D eigenvalue weighted by molar-refractivity contribution is -0.386. The second-order valence-electron chi connectivity index (χ2n) is 5.12. The number of alkyl halides is 1. The average Bonchev–Trinajstić information content (AvgIpc) is 2.32. The lowest BCUT2D eigenvalue weighted by Crippen LogP contribution is -2.53. The zero-order chi connectivity index (χ0) is 14.4. The normalized spacial score (nSPS) is 24.7. The van der Waals surface area contributed by atoms with E-state index in [1.54, 1.807) is 0 Å². The number of ether oxygens (including phenoxy) is 1. The van der Waals surface area contributed by atoms with Gasteiger partial charge in [0.1, 0.15) is 6.10 Å². The van der Waals surface area contributed by atoms with Crippen molar-refractivity contribution in [3.8, 4) is 5.75 Å². The largest absolute Gasteiger partial charge is 0.483 e. The van der Waals surface area contributed by atoms with Crippen molar-refractivity contribution in [1.29, 1.82) is 0 Å². The van der Waals surface area contributed by atoms with Gasteiger partial charge in [-0.05, 0) is 6.42 Å². The Morgan fingerprint density at radius 2 is 2.00 bits per heavy atom. The number of benzene rings is 1. The number of nitro groups is 1. The fraction of sp³-hybridized carbons (Fsp3) is 0.500. The molecule has 1 aromatic rings. The Labute approximate surface area is 129 Å². The molecule has 0 saturated heterocycles. The number of nitro benzene ring substituents is 1. The molecule has 0 bridgehead atoms. The van der Waals surface area contributed by atoms with Crippen molar-refractivity contribution in [3.05, 3.63) is 32.3 Å². The number of hydrogen-bond donors (Lipinski definition) is 0. The summed E-state index contributed by atoms with van der Waals surface area (Å²) in [6.45, 7) is 4.09. The van der Waals surface area contributed by atoms with Gasteiger partial charge in [0, 0.05) is 22.4 Å². The number of rotatable bonds is 3. The van der Waals surface area contributed by atoms with Crippen molar-refractivity contribution in [2.45, 2.75) is 31.2 Å². The summed E-state index contributed by atoms with van der Waals surface area (Å²) in [6.07, 6.45) is 0.706. The van der Waals surface area contributed by atoms with Gasteiger partial charge in [0.25, 0.3) is 0 Å². The van der Waals surface area contributed by atoms with Crippen LogP contribution in [0.1, 0.15) is 20.3 Å². The minimum absolute atomic E-state index is 0.0834. The first-order valence-electron chi connectivity index (χ1n) is 5.67. The lowest BCUT2D eigenvalue weighted by atomic mass is 9.69. The maximum Gasteiger partial charge on any atom is 0.312 e. The molecule has 0 radical (unpaired) electrons. The standard InChI is InChI=1S/C12H12BrCl2NO3/c1-12(2)10(13)5-11(12)19-9-4-7(15)6(14)3-8(9)16(17)18/h3-4,10-11H,5H2,1-2H3. The molecular weight excluding hydrogens is 357 g/mol. The van der Waals surface area contributed by atoms with E-state index in [2.05, 4.69) is 15.9 Å². The van der Waals surface area contributed by atoms with E-state index in [4.69, 9.17) is 27.9 Å². The summed E-state index contributed by atoms with van der Waals surface area (Å²) >= 11 is 15.2. The van der Waals surface area contributed by atoms with Crippen molar-refractivity contribution >= 4 is 44.8 Å². The monoisotopic (exact) mass is 367 g/mol. The van der Waals surface area contributed by atoms with Crippen LogP contribution in [0.15, 0.2) is 12.1 Å². The molecule has 1 fully saturated rings. The number of hydrogen-bond acceptors (Lipinski definition) is 3. The summed E-state index contributed by atoms with van der Waals surface area (Å²) in [7, 11) is 0. The van der Waals surface area contributed by atoms with E-state index in [9.17, 15) is 10.1 Å². The Morgan fingerprint density at radius 3 is 2.47 bits per heavy atom. The van der Waals surface area contributed by atoms with Crippen LogP contribution in [0.2, 0.25) is 10.0 Å². The van der Waals surface area contributed by atoms with Gasteiger partial charge in [0.2, 0.25) is 0 Å². The molecule has 1 aromatic carbocycles. The van der Waals surface area contributed by atoms with Crippen LogP contribution in [0.4, 0.5) is 5.69 Å². The summed E-state index contributed by atoms with van der Waals surface area (Å²) < 4.78 is 5.75. The molecule has 4 nitrogen and oxygen atoms in total. The Kier molecular flexibility index (Phi) is 4.00. The molecule has 2 rings (SSSR count). The van der Waals surface area contributed by atoms with Crippen LogP contribution >= 0.6 is 39.1 Å². The van der Waals surface area contributed by atoms with E-state index in [1.165, 1.54) is 12.1 Å². The van der Waals surface area contributed by atoms with Crippen LogP contribution in [-0.4, -0.2) is 15.9 Å². The third kappa shape index (κ3) is 2.69. The van der Waals surface area contributed by atoms with E-state index < -0.39 is 4.92 Å². The molecule has 0 aromatic heterocycles. The van der Waals surface area contributed by atoms with Crippen molar-refractivity contribution in [3.63, 3.8) is 0 Å². The number of halogens is 3. The summed E-state index contributed by atoms with van der Waals surface area (Å²) in [5, 5.41) is 11.4. The van der Waals surface area contributed by atoms with Gasteiger partial charge < -0.3 is 4.74 Å². The van der Waals surface area contributed by atoms with Crippen LogP contribution in [-0.2, 0) is 0 Å². The van der Waals surface area contributed by atoms with Crippen LogP contribution < -0.4 is 4.74 Å². The zero-order valence-electron chi connectivity index (χ0n) is 10.3. The Balaban J connectivity index is 2.30. The van der Waals surface area contributed by atoms with Crippen molar-refractivity contribution in [2.75, 3.05) is 0 Å². The van der Waals surface area contributed by atoms with Gasteiger partial charge in [-0.15, -0.1) is 0 Å². The first-order valence-corrected chi connectivity index (χ1v) is 7.34. The Hall–Kier alpha value is -0.520. The SMILES string of the molecule is CC1(C)C(Br)CC1Oc1cc(Cl)c(Cl)cc1[N+](=O)[O-]. The molecule has 19 heavy (non-hydrogen) atoms. The zero-order valence-corrected chi connectivity index (χ0v) is 13.4. The first-order chi connectivity index (χ1) is 8.73. The third-order valence-electron chi connectivity index (χ3n) is 3.53. The van der Waals surface area contributed by atoms with Gasteiger partial charge in [-0.25, -0.2) is 0 Å². The molecule has 1 aliphatic carbocycles. The maximum atomic E-state index is 11.0. The fourth-order valence-corrected chi connectivity index (χ4v) is 2.89. The highest BCUT2D eigenvalue weighted by atomic mass is 79.9. The summed E-state index contributed by atoms with van der Waals surface area (Å²) in [5.74, 6) is 0.164. The lowest BCUT2D eigenvalue weighted by Gasteiger charge is -2.48. The molecule has 0 heterocycles. The predicted octanol–water partition coefficient (Wildman–Crippen LogP) is 4.84. The quantitative estimate of drug-likeness (QED) is 0.435. The highest BCUT2D eigenvalue weighted by molar-refractivity contribution is 9.09. The highest BCUT2D eigenvalue weighted by Crippen LogP contribution is 2.48. The maximum absolute atomic E-state index is 11.0. The third-order valence-corrected chi connectivity index (χ3v) is 5.80. The second-order valence-corrected chi connectivity index (χ2v) is 7.04. The van der Waals surface area contributed by atoms with Gasteiger partial charge in [-0.3, -0.25) is 10.1 Å². The molecule has 1 aliphatic rings. The van der Waals surface area contributed by atoms with E-state index >= 15 is 0 Å². The van der Waals surface area contributed by atoms with Gasteiger partial charge in [0.15, 0.2) is 5.75 Å². The predicted molar refractivity (Wildman–Crippen MR) is 78.6 cm³/mol. The molecular formula is C12H12BrCl2NO3. The van der Waals surface area contributed by atoms with Crippen LogP contribution in [0.25, 0.3) is 0 Å². The molecule has 0 aliphatic heterocycles. The molecule has 0 N–H and O–H groups in total. The summed E-state index contributed by atoms with van der Waals surface area (Å²) in [4.78, 5) is 10.8. The molecule has 2 unspecified atom stereocenters. The van der Waals surface area contributed by atoms with Gasteiger partial charge in [-0.2, -0.15) is 0 Å². The van der Waals surface area contributed by atoms with Crippen molar-refractivity contribution in [1.82, 2.24) is 0 Å². The molecule has 104 valence electrons. The minimum Gasteiger partial charge on any atom is -0.483 e. The fourth-order valence-electron chi connectivity index (χ4n) is 1.95. The molecule has 1 saturated carbocycles. The van der Waals surface area contributed by atoms with E-state index in [-0.39, 0.29) is 33.0 Å². The van der Waals surface area contributed by atoms with Gasteiger partial charge in [0.05, 0.1) is 15.0 Å². The van der Waals surface area contributed by atoms with Gasteiger partial charge in [-0.1, -0.05) is 53.0 Å². The average molecular weight is 369 g/mol. The van der Waals surface area contributed by atoms with Crippen molar-refractivity contribution in [2.24, 2.45) is 5.41 Å². The topological polar surface area (TPSA) is 52.4 Å². The summed E-state index contributed by atoms with van der Waals surface area (Å²) in [5.41, 5.74) is -0.247. The van der Waals surface area contributed by atoms with Gasteiger partial charge >= 0.3 is 5.69 Å². The second kappa shape index (κ2) is 5.11. The van der Waals surface area contributed by atoms with Crippen LogP contribution in [0.5, 0.6) is 5.75 Å². The Bertz CT molecular complexity index is 536. The van der Waals surface area contributed by atoms with E-state index in [1.807, 2.05) is 13.8 Å². The van der Waals surface area contributed by atoms with Crippen LogP contribution in [0, 0.1) is 15.5 Å².